The van der Waals surface area contributed by atoms with Crippen LogP contribution in [0.25, 0.3) is 0 Å². The molecule has 0 aromatic heterocycles. The number of phenols is 2. The van der Waals surface area contributed by atoms with E-state index in [2.05, 4.69) is 109 Å². The van der Waals surface area contributed by atoms with Crippen molar-refractivity contribution < 1.29 is 28.1 Å². The summed E-state index contributed by atoms with van der Waals surface area (Å²) in [6, 6.07) is 9.26. The van der Waals surface area contributed by atoms with Crippen LogP contribution in [0.4, 0.5) is 0 Å². The Balaban J connectivity index is 2.34. The Morgan fingerprint density at radius 1 is 0.475 bits per heavy atom. The standard InChI is InChI=1S/C34H58N4O2/c1-35(2,3)22-26-18-30(19-27(32(26)39)23-36(4,5)6)34(16-14-13-15-17-34)31-20-28(24-37(7,8)9)33(40)29(21-31)25-38(10,11)12/h18-21H,13-17,22-25H2,1-12H3/q+2/p+2. The van der Waals surface area contributed by atoms with Crippen molar-refractivity contribution in [2.45, 2.75) is 63.7 Å². The van der Waals surface area contributed by atoms with Crippen molar-refractivity contribution in [3.05, 3.63) is 57.6 Å². The first kappa shape index (κ1) is 32.4. The summed E-state index contributed by atoms with van der Waals surface area (Å²) >= 11 is 0. The molecular formula is C34H60N4O2+4. The van der Waals surface area contributed by atoms with Crippen molar-refractivity contribution in [2.75, 3.05) is 84.6 Å². The van der Waals surface area contributed by atoms with Gasteiger partial charge < -0.3 is 28.1 Å². The van der Waals surface area contributed by atoms with Crippen LogP contribution in [0.5, 0.6) is 11.5 Å². The van der Waals surface area contributed by atoms with E-state index >= 15 is 0 Å². The molecule has 0 atom stereocenters. The molecule has 0 amide bonds. The highest BCUT2D eigenvalue weighted by molar-refractivity contribution is 5.53. The second kappa shape index (κ2) is 11.3. The number of hydrogen-bond donors (Lipinski definition) is 2. The number of quaternary nitrogens is 4. The molecule has 0 radical (unpaired) electrons. The lowest BCUT2D eigenvalue weighted by Gasteiger charge is -2.40. The third-order valence-corrected chi connectivity index (χ3v) is 7.93. The second-order valence-corrected chi connectivity index (χ2v) is 16.7. The number of hydrogen-bond acceptors (Lipinski definition) is 2. The molecule has 0 bridgehead atoms. The predicted molar refractivity (Wildman–Crippen MR) is 167 cm³/mol. The smallest absolute Gasteiger partial charge is 0.133 e. The van der Waals surface area contributed by atoms with E-state index in [4.69, 9.17) is 0 Å². The van der Waals surface area contributed by atoms with E-state index in [0.29, 0.717) is 11.5 Å². The van der Waals surface area contributed by atoms with Gasteiger partial charge in [0.2, 0.25) is 0 Å². The zero-order chi connectivity index (χ0) is 30.3. The topological polar surface area (TPSA) is 40.5 Å². The summed E-state index contributed by atoms with van der Waals surface area (Å²) in [4.78, 5) is 0. The maximum Gasteiger partial charge on any atom is 0.133 e. The van der Waals surface area contributed by atoms with Gasteiger partial charge in [0.25, 0.3) is 0 Å². The number of phenolic OH excluding ortho intramolecular Hbond substituents is 2. The molecule has 0 saturated heterocycles. The van der Waals surface area contributed by atoms with E-state index < -0.39 is 0 Å². The lowest BCUT2D eigenvalue weighted by Crippen LogP contribution is -2.37. The van der Waals surface area contributed by atoms with Gasteiger partial charge in [0, 0.05) is 27.7 Å². The summed E-state index contributed by atoms with van der Waals surface area (Å²) in [6.07, 6.45) is 5.80. The van der Waals surface area contributed by atoms with Gasteiger partial charge in [0.15, 0.2) is 0 Å². The summed E-state index contributed by atoms with van der Waals surface area (Å²) < 4.78 is 3.03. The molecule has 6 nitrogen and oxygen atoms in total. The molecule has 6 heteroatoms. The van der Waals surface area contributed by atoms with Crippen molar-refractivity contribution in [1.29, 1.82) is 0 Å². The highest BCUT2D eigenvalue weighted by Crippen LogP contribution is 2.48. The third-order valence-electron chi connectivity index (χ3n) is 7.93. The van der Waals surface area contributed by atoms with Crippen molar-refractivity contribution in [2.24, 2.45) is 0 Å². The van der Waals surface area contributed by atoms with Gasteiger partial charge in [-0.25, -0.2) is 0 Å². The quantitative estimate of drug-likeness (QED) is 0.396. The van der Waals surface area contributed by atoms with Crippen LogP contribution in [0.15, 0.2) is 24.3 Å². The van der Waals surface area contributed by atoms with Gasteiger partial charge in [-0.3, -0.25) is 0 Å². The second-order valence-electron chi connectivity index (χ2n) is 16.7. The first-order chi connectivity index (χ1) is 18.1. The number of nitrogens with zero attached hydrogens (tertiary/aromatic N) is 4. The maximum absolute atomic E-state index is 11.5. The fraction of sp³-hybridized carbons (Fsp3) is 0.647. The van der Waals surface area contributed by atoms with Gasteiger partial charge in [0.05, 0.1) is 84.6 Å². The molecule has 1 saturated carbocycles. The largest absolute Gasteiger partial charge is 0.507 e. The molecule has 2 aromatic carbocycles. The molecular weight excluding hydrogens is 496 g/mol. The van der Waals surface area contributed by atoms with Crippen molar-refractivity contribution in [3.63, 3.8) is 0 Å². The number of benzene rings is 2. The molecule has 1 aliphatic carbocycles. The zero-order valence-corrected chi connectivity index (χ0v) is 27.9. The Bertz CT molecular complexity index is 1020. The monoisotopic (exact) mass is 556 g/mol. The Hall–Kier alpha value is -2.12. The van der Waals surface area contributed by atoms with E-state index in [-0.39, 0.29) is 5.41 Å². The fourth-order valence-corrected chi connectivity index (χ4v) is 6.50. The minimum Gasteiger partial charge on any atom is -0.507 e. The van der Waals surface area contributed by atoms with Crippen LogP contribution in [0, 0.1) is 0 Å². The Labute approximate surface area is 245 Å². The normalized spacial score (nSPS) is 16.8. The minimum atomic E-state index is -0.141. The van der Waals surface area contributed by atoms with Crippen LogP contribution in [-0.4, -0.2) is 113 Å². The van der Waals surface area contributed by atoms with Crippen molar-refractivity contribution in [1.82, 2.24) is 0 Å². The van der Waals surface area contributed by atoms with Crippen LogP contribution in [0.3, 0.4) is 0 Å². The van der Waals surface area contributed by atoms with E-state index in [1.54, 1.807) is 0 Å². The molecule has 0 aliphatic heterocycles. The molecule has 40 heavy (non-hydrogen) atoms. The first-order valence-electron chi connectivity index (χ1n) is 15.0. The molecule has 1 aliphatic rings. The average Bonchev–Trinajstić information content (AvgIpc) is 2.75. The van der Waals surface area contributed by atoms with Crippen LogP contribution < -0.4 is 0 Å². The third kappa shape index (κ3) is 8.45. The summed E-state index contributed by atoms with van der Waals surface area (Å²) in [5, 5.41) is 23.0. The van der Waals surface area contributed by atoms with Crippen LogP contribution >= 0.6 is 0 Å². The summed E-state index contributed by atoms with van der Waals surface area (Å²) in [5.74, 6) is 0.913. The maximum atomic E-state index is 11.5. The van der Waals surface area contributed by atoms with Crippen LogP contribution in [-0.2, 0) is 31.6 Å². The van der Waals surface area contributed by atoms with Gasteiger partial charge in [-0.1, -0.05) is 19.3 Å². The molecule has 1 fully saturated rings. The van der Waals surface area contributed by atoms with Gasteiger partial charge in [-0.15, -0.1) is 0 Å². The van der Waals surface area contributed by atoms with E-state index in [1.807, 2.05) is 0 Å². The Morgan fingerprint density at radius 2 is 0.725 bits per heavy atom. The molecule has 224 valence electrons. The lowest BCUT2D eigenvalue weighted by atomic mass is 9.64. The van der Waals surface area contributed by atoms with Gasteiger partial charge in [-0.05, 0) is 48.2 Å². The van der Waals surface area contributed by atoms with Crippen molar-refractivity contribution >= 4 is 0 Å². The van der Waals surface area contributed by atoms with Gasteiger partial charge in [-0.2, -0.15) is 0 Å². The molecule has 0 unspecified atom stereocenters. The highest BCUT2D eigenvalue weighted by atomic mass is 16.3. The molecule has 0 spiro atoms. The number of aromatic hydroxyl groups is 2. The molecule has 2 aromatic rings. The van der Waals surface area contributed by atoms with Gasteiger partial charge >= 0.3 is 0 Å². The van der Waals surface area contributed by atoms with Crippen molar-refractivity contribution in [3.8, 4) is 11.5 Å². The minimum absolute atomic E-state index is 0.141. The molecule has 2 N–H and O–H groups in total. The summed E-state index contributed by atoms with van der Waals surface area (Å²) in [7, 11) is 26.3. The summed E-state index contributed by atoms with van der Waals surface area (Å²) in [5.41, 5.74) is 6.67. The predicted octanol–water partition coefficient (Wildman–Crippen LogP) is 5.17. The molecule has 0 heterocycles. The van der Waals surface area contributed by atoms with E-state index in [1.165, 1.54) is 30.4 Å². The number of rotatable bonds is 10. The van der Waals surface area contributed by atoms with Crippen LogP contribution in [0.1, 0.15) is 65.5 Å². The highest BCUT2D eigenvalue weighted by Gasteiger charge is 2.39. The lowest BCUT2D eigenvalue weighted by molar-refractivity contribution is -0.884. The Kier molecular flexibility index (Phi) is 9.13. The molecule has 3 rings (SSSR count). The Morgan fingerprint density at radius 3 is 0.950 bits per heavy atom. The van der Waals surface area contributed by atoms with E-state index in [9.17, 15) is 10.2 Å². The summed E-state index contributed by atoms with van der Waals surface area (Å²) in [6.45, 7) is 3.09. The van der Waals surface area contributed by atoms with E-state index in [0.717, 1.165) is 79.2 Å². The van der Waals surface area contributed by atoms with Crippen LogP contribution in [0.2, 0.25) is 0 Å². The van der Waals surface area contributed by atoms with Gasteiger partial charge in [0.1, 0.15) is 37.7 Å². The fourth-order valence-electron chi connectivity index (χ4n) is 6.50. The first-order valence-corrected chi connectivity index (χ1v) is 15.0. The SMILES string of the molecule is C[N+](C)(C)Cc1cc(C2(c3cc(C[N+](C)(C)C)c(O)c(C[N+](C)(C)C)c3)CCCCC2)cc(C[N+](C)(C)C)c1O. The average molecular weight is 557 g/mol. The zero-order valence-electron chi connectivity index (χ0n) is 27.9.